The first-order valence-corrected chi connectivity index (χ1v) is 13.5. The summed E-state index contributed by atoms with van der Waals surface area (Å²) in [5.74, 6) is -1.57. The Kier molecular flexibility index (Phi) is 7.92. The van der Waals surface area contributed by atoms with Gasteiger partial charge in [-0.2, -0.15) is 21.9 Å². The zero-order valence-electron chi connectivity index (χ0n) is 21.8. The van der Waals surface area contributed by atoms with E-state index in [1.54, 1.807) is 53.4 Å². The van der Waals surface area contributed by atoms with Gasteiger partial charge < -0.3 is 10.0 Å². The highest BCUT2D eigenvalue weighted by atomic mass is 19.1. The molecule has 2 N–H and O–H groups in total. The molecule has 2 saturated heterocycles. The third-order valence-electron chi connectivity index (χ3n) is 8.74. The van der Waals surface area contributed by atoms with Gasteiger partial charge in [-0.1, -0.05) is 48.5 Å². The topological polar surface area (TPSA) is 24.7 Å². The SMILES string of the molecule is C[NH+]1C2CCC1CC(O)C2.Fc1ccc([B-](c2ccc(F)cc2)(c2ccc(F)cc2)c2ccc(F)cc2)cc1. The van der Waals surface area contributed by atoms with Gasteiger partial charge in [0.15, 0.2) is 0 Å². The molecule has 6 rings (SSSR count). The summed E-state index contributed by atoms with van der Waals surface area (Å²) in [6.07, 6.45) is 2.84. The molecule has 39 heavy (non-hydrogen) atoms. The molecule has 4 aromatic rings. The lowest BCUT2D eigenvalue weighted by molar-refractivity contribution is -0.923. The van der Waals surface area contributed by atoms with E-state index in [0.717, 1.165) is 46.8 Å². The normalized spacial score (nSPS) is 22.2. The summed E-state index contributed by atoms with van der Waals surface area (Å²) >= 11 is 0. The Hall–Kier alpha value is -3.42. The van der Waals surface area contributed by atoms with E-state index in [9.17, 15) is 22.7 Å². The molecule has 0 radical (unpaired) electrons. The van der Waals surface area contributed by atoms with Crippen LogP contribution in [0.1, 0.15) is 25.7 Å². The fraction of sp³-hybridized carbons (Fsp3) is 0.250. The van der Waals surface area contributed by atoms with Crippen molar-refractivity contribution in [2.75, 3.05) is 7.05 Å². The largest absolute Gasteiger partial charge is 0.393 e. The number of piperidine rings is 1. The van der Waals surface area contributed by atoms with Crippen molar-refractivity contribution in [3.63, 3.8) is 0 Å². The van der Waals surface area contributed by atoms with Crippen molar-refractivity contribution in [2.24, 2.45) is 0 Å². The Morgan fingerprint density at radius 2 is 0.795 bits per heavy atom. The van der Waals surface area contributed by atoms with Crippen LogP contribution in [-0.2, 0) is 0 Å². The maximum absolute atomic E-state index is 13.7. The number of halogens is 4. The highest BCUT2D eigenvalue weighted by Gasteiger charge is 2.41. The van der Waals surface area contributed by atoms with Crippen LogP contribution in [0.3, 0.4) is 0 Å². The molecule has 2 nitrogen and oxygen atoms in total. The van der Waals surface area contributed by atoms with Gasteiger partial charge in [-0.15, -0.1) is 0 Å². The zero-order valence-corrected chi connectivity index (χ0v) is 21.8. The monoisotopic (exact) mass is 533 g/mol. The number of hydrogen-bond donors (Lipinski definition) is 2. The second-order valence-electron chi connectivity index (χ2n) is 10.9. The molecule has 2 fully saturated rings. The second kappa shape index (κ2) is 11.4. The van der Waals surface area contributed by atoms with Gasteiger partial charge in [0, 0.05) is 25.7 Å². The zero-order chi connectivity index (χ0) is 27.6. The molecule has 2 unspecified atom stereocenters. The molecular formula is C32H32BF4NO. The first-order chi connectivity index (χ1) is 18.8. The van der Waals surface area contributed by atoms with Gasteiger partial charge in [-0.05, 0) is 48.5 Å². The first-order valence-electron chi connectivity index (χ1n) is 13.5. The maximum atomic E-state index is 13.7. The summed E-state index contributed by atoms with van der Waals surface area (Å²) in [5, 5.41) is 9.39. The van der Waals surface area contributed by atoms with Gasteiger partial charge in [0.1, 0.15) is 29.4 Å². The highest BCUT2D eigenvalue weighted by molar-refractivity contribution is 7.19. The van der Waals surface area contributed by atoms with Crippen molar-refractivity contribution in [2.45, 2.75) is 43.9 Å². The van der Waals surface area contributed by atoms with Crippen molar-refractivity contribution in [1.82, 2.24) is 0 Å². The van der Waals surface area contributed by atoms with Crippen molar-refractivity contribution in [3.05, 3.63) is 120 Å². The van der Waals surface area contributed by atoms with Crippen LogP contribution in [-0.4, -0.2) is 36.5 Å². The first kappa shape index (κ1) is 27.2. The lowest BCUT2D eigenvalue weighted by atomic mass is 9.13. The second-order valence-corrected chi connectivity index (χ2v) is 10.9. The number of benzene rings is 4. The highest BCUT2D eigenvalue weighted by Crippen LogP contribution is 2.21. The average molecular weight is 533 g/mol. The van der Waals surface area contributed by atoms with Crippen molar-refractivity contribution >= 4 is 28.0 Å². The molecule has 2 atom stereocenters. The molecule has 4 aromatic carbocycles. The van der Waals surface area contributed by atoms with Crippen LogP contribution in [0, 0.1) is 23.3 Å². The summed E-state index contributed by atoms with van der Waals surface area (Å²) in [6, 6.07) is 25.6. The molecule has 2 aliphatic heterocycles. The number of rotatable bonds is 4. The molecule has 0 amide bonds. The third kappa shape index (κ3) is 5.52. The molecule has 0 saturated carbocycles. The van der Waals surface area contributed by atoms with Crippen LogP contribution in [0.5, 0.6) is 0 Å². The minimum Gasteiger partial charge on any atom is -0.393 e. The van der Waals surface area contributed by atoms with E-state index in [2.05, 4.69) is 7.05 Å². The summed E-state index contributed by atoms with van der Waals surface area (Å²) in [7, 11) is 2.27. The molecule has 0 aromatic heterocycles. The van der Waals surface area contributed by atoms with Gasteiger partial charge in [0.2, 0.25) is 0 Å². The third-order valence-corrected chi connectivity index (χ3v) is 8.74. The molecule has 0 aliphatic carbocycles. The van der Waals surface area contributed by atoms with E-state index in [0.29, 0.717) is 0 Å². The van der Waals surface area contributed by atoms with Crippen molar-refractivity contribution < 1.29 is 27.6 Å². The molecule has 7 heteroatoms. The maximum Gasteiger partial charge on any atom is 0.122 e. The van der Waals surface area contributed by atoms with Crippen LogP contribution < -0.4 is 26.8 Å². The van der Waals surface area contributed by atoms with E-state index in [4.69, 9.17) is 0 Å². The summed E-state index contributed by atoms with van der Waals surface area (Å²) < 4.78 is 54.8. The lowest BCUT2D eigenvalue weighted by Gasteiger charge is -2.44. The van der Waals surface area contributed by atoms with E-state index in [1.165, 1.54) is 61.4 Å². The van der Waals surface area contributed by atoms with Crippen LogP contribution in [0.2, 0.25) is 0 Å². The van der Waals surface area contributed by atoms with Crippen molar-refractivity contribution in [3.8, 4) is 0 Å². The smallest absolute Gasteiger partial charge is 0.122 e. The van der Waals surface area contributed by atoms with E-state index < -0.39 is 29.4 Å². The Balaban J connectivity index is 0.000000257. The predicted octanol–water partition coefficient (Wildman–Crippen LogP) is 2.81. The van der Waals surface area contributed by atoms with E-state index in [-0.39, 0.29) is 6.10 Å². The van der Waals surface area contributed by atoms with Gasteiger partial charge in [0.25, 0.3) is 0 Å². The van der Waals surface area contributed by atoms with E-state index >= 15 is 0 Å². The quantitative estimate of drug-likeness (QED) is 0.306. The fourth-order valence-corrected chi connectivity index (χ4v) is 6.71. The molecule has 2 aliphatic rings. The summed E-state index contributed by atoms with van der Waals surface area (Å²) in [5.41, 5.74) is 2.99. The molecule has 0 spiro atoms. The minimum atomic E-state index is -1.94. The fourth-order valence-electron chi connectivity index (χ4n) is 6.71. The minimum absolute atomic E-state index is 0.0150. The molecule has 2 heterocycles. The number of aliphatic hydroxyl groups is 1. The Morgan fingerprint density at radius 3 is 1.05 bits per heavy atom. The van der Waals surface area contributed by atoms with E-state index in [1.807, 2.05) is 0 Å². The Morgan fingerprint density at radius 1 is 0.538 bits per heavy atom. The molecule has 202 valence electrons. The Bertz CT molecular complexity index is 1180. The van der Waals surface area contributed by atoms with Gasteiger partial charge >= 0.3 is 0 Å². The van der Waals surface area contributed by atoms with Crippen LogP contribution in [0.4, 0.5) is 17.6 Å². The van der Waals surface area contributed by atoms with Gasteiger partial charge in [0.05, 0.1) is 25.2 Å². The van der Waals surface area contributed by atoms with Gasteiger partial charge in [-0.25, -0.2) is 17.6 Å². The van der Waals surface area contributed by atoms with Crippen LogP contribution in [0.25, 0.3) is 0 Å². The number of hydrogen-bond acceptors (Lipinski definition) is 1. The van der Waals surface area contributed by atoms with Crippen molar-refractivity contribution in [1.29, 1.82) is 0 Å². The lowest BCUT2D eigenvalue weighted by Crippen LogP contribution is -3.15. The number of nitrogens with one attached hydrogen (secondary N) is 1. The summed E-state index contributed by atoms with van der Waals surface area (Å²) in [6.45, 7) is 0. The molecule has 2 bridgehead atoms. The predicted molar refractivity (Wildman–Crippen MR) is 149 cm³/mol. The number of quaternary nitrogens is 1. The average Bonchev–Trinajstić information content (AvgIpc) is 3.13. The standard InChI is InChI=1S/C24H16BF4.C8H15NO/c26-21-9-1-17(2-10-21)25(18-3-11-22(27)12-4-18,19-5-13-23(28)14-6-19)20-7-15-24(29)16-8-20;1-9-6-2-3-7(9)5-8(10)4-6/h1-16H;6-8,10H,2-5H2,1H3/q-1;/p+1. The molecular weight excluding hydrogens is 501 g/mol. The Labute approximate surface area is 226 Å². The van der Waals surface area contributed by atoms with Gasteiger partial charge in [-0.3, -0.25) is 0 Å². The van der Waals surface area contributed by atoms with Crippen LogP contribution in [0.15, 0.2) is 97.1 Å². The summed E-state index contributed by atoms with van der Waals surface area (Å²) in [4.78, 5) is 1.67. The number of fused-ring (bicyclic) bond motifs is 2. The van der Waals surface area contributed by atoms with Crippen LogP contribution >= 0.6 is 0 Å². The number of aliphatic hydroxyl groups excluding tert-OH is 1.